The Bertz CT molecular complexity index is 683. The van der Waals surface area contributed by atoms with Crippen LogP contribution in [0, 0.1) is 17.0 Å². The van der Waals surface area contributed by atoms with Crippen molar-refractivity contribution in [1.82, 2.24) is 0 Å². The molecule has 0 aromatic heterocycles. The highest BCUT2D eigenvalue weighted by atomic mass is 16.6. The first kappa shape index (κ1) is 13.5. The van der Waals surface area contributed by atoms with Gasteiger partial charge in [-0.3, -0.25) is 14.9 Å². The van der Waals surface area contributed by atoms with E-state index in [2.05, 4.69) is 5.32 Å². The molecule has 0 aliphatic heterocycles. The van der Waals surface area contributed by atoms with E-state index in [0.29, 0.717) is 11.3 Å². The number of hydrogen-bond donors (Lipinski definition) is 2. The van der Waals surface area contributed by atoms with Crippen LogP contribution in [-0.4, -0.2) is 15.9 Å². The van der Waals surface area contributed by atoms with Crippen LogP contribution in [0.4, 0.5) is 11.4 Å². The first-order valence-corrected chi connectivity index (χ1v) is 5.83. The van der Waals surface area contributed by atoms with Gasteiger partial charge < -0.3 is 10.4 Å². The van der Waals surface area contributed by atoms with E-state index in [4.69, 9.17) is 0 Å². The zero-order valence-electron chi connectivity index (χ0n) is 10.7. The van der Waals surface area contributed by atoms with Crippen molar-refractivity contribution in [2.45, 2.75) is 6.92 Å². The molecule has 2 N–H and O–H groups in total. The van der Waals surface area contributed by atoms with Crippen LogP contribution in [0.3, 0.4) is 0 Å². The average molecular weight is 272 g/mol. The highest BCUT2D eigenvalue weighted by molar-refractivity contribution is 6.05. The van der Waals surface area contributed by atoms with Gasteiger partial charge in [0.25, 0.3) is 11.6 Å². The zero-order chi connectivity index (χ0) is 14.7. The molecular weight excluding hydrogens is 260 g/mol. The summed E-state index contributed by atoms with van der Waals surface area (Å²) in [6, 6.07) is 10.2. The fourth-order valence-corrected chi connectivity index (χ4v) is 1.75. The molecule has 0 saturated heterocycles. The number of anilines is 1. The standard InChI is InChI=1S/C14H12N2O4/c1-9-5-6-11(16(19)20)8-13(9)14(18)15-10-3-2-4-12(17)7-10/h2-8,17H,1H3,(H,15,18). The molecule has 2 aromatic rings. The van der Waals surface area contributed by atoms with Gasteiger partial charge in [-0.1, -0.05) is 12.1 Å². The molecule has 0 radical (unpaired) electrons. The number of amides is 1. The maximum Gasteiger partial charge on any atom is 0.270 e. The Morgan fingerprint density at radius 1 is 1.25 bits per heavy atom. The lowest BCUT2D eigenvalue weighted by molar-refractivity contribution is -0.384. The third-order valence-electron chi connectivity index (χ3n) is 2.78. The molecule has 0 fully saturated rings. The summed E-state index contributed by atoms with van der Waals surface area (Å²) in [5, 5.41) is 22.6. The molecule has 0 aliphatic carbocycles. The van der Waals surface area contributed by atoms with E-state index in [1.54, 1.807) is 19.1 Å². The number of nitro benzene ring substituents is 1. The van der Waals surface area contributed by atoms with Gasteiger partial charge in [-0.25, -0.2) is 0 Å². The molecule has 102 valence electrons. The lowest BCUT2D eigenvalue weighted by atomic mass is 10.1. The number of benzene rings is 2. The summed E-state index contributed by atoms with van der Waals surface area (Å²) in [4.78, 5) is 22.3. The smallest absolute Gasteiger partial charge is 0.270 e. The number of non-ortho nitro benzene ring substituents is 1. The Kier molecular flexibility index (Phi) is 3.65. The number of phenolic OH excluding ortho intramolecular Hbond substituents is 1. The summed E-state index contributed by atoms with van der Waals surface area (Å²) in [5.74, 6) is -0.435. The zero-order valence-corrected chi connectivity index (χ0v) is 10.7. The molecular formula is C14H12N2O4. The van der Waals surface area contributed by atoms with Crippen molar-refractivity contribution in [3.05, 3.63) is 63.7 Å². The Hall–Kier alpha value is -2.89. The molecule has 6 heteroatoms. The monoisotopic (exact) mass is 272 g/mol. The summed E-state index contributed by atoms with van der Waals surface area (Å²) in [7, 11) is 0. The van der Waals surface area contributed by atoms with Crippen LogP contribution in [-0.2, 0) is 0 Å². The van der Waals surface area contributed by atoms with Gasteiger partial charge in [0, 0.05) is 29.4 Å². The molecule has 0 aliphatic rings. The number of carbonyl (C=O) groups excluding carboxylic acids is 1. The van der Waals surface area contributed by atoms with Crippen LogP contribution in [0.15, 0.2) is 42.5 Å². The van der Waals surface area contributed by atoms with Crippen molar-refractivity contribution in [1.29, 1.82) is 0 Å². The van der Waals surface area contributed by atoms with Crippen LogP contribution >= 0.6 is 0 Å². The lowest BCUT2D eigenvalue weighted by Gasteiger charge is -2.07. The SMILES string of the molecule is Cc1ccc([N+](=O)[O-])cc1C(=O)Nc1cccc(O)c1. The van der Waals surface area contributed by atoms with Crippen LogP contribution in [0.25, 0.3) is 0 Å². The predicted molar refractivity (Wildman–Crippen MR) is 73.9 cm³/mol. The molecule has 1 amide bonds. The normalized spacial score (nSPS) is 10.1. The van der Waals surface area contributed by atoms with Gasteiger partial charge >= 0.3 is 0 Å². The summed E-state index contributed by atoms with van der Waals surface area (Å²) < 4.78 is 0. The molecule has 0 spiro atoms. The van der Waals surface area contributed by atoms with Crippen LogP contribution in [0.1, 0.15) is 15.9 Å². The van der Waals surface area contributed by atoms with Gasteiger partial charge in [-0.15, -0.1) is 0 Å². The van der Waals surface area contributed by atoms with E-state index in [9.17, 15) is 20.0 Å². The predicted octanol–water partition coefficient (Wildman–Crippen LogP) is 2.86. The maximum absolute atomic E-state index is 12.1. The fourth-order valence-electron chi connectivity index (χ4n) is 1.75. The third-order valence-corrected chi connectivity index (χ3v) is 2.78. The molecule has 2 rings (SSSR count). The highest BCUT2D eigenvalue weighted by Crippen LogP contribution is 2.20. The van der Waals surface area contributed by atoms with Crippen LogP contribution < -0.4 is 5.32 Å². The van der Waals surface area contributed by atoms with Crippen molar-refractivity contribution >= 4 is 17.3 Å². The molecule has 20 heavy (non-hydrogen) atoms. The number of nitrogens with one attached hydrogen (secondary N) is 1. The average Bonchev–Trinajstić information content (AvgIpc) is 2.38. The molecule has 0 heterocycles. The van der Waals surface area contributed by atoms with E-state index >= 15 is 0 Å². The first-order valence-electron chi connectivity index (χ1n) is 5.83. The first-order chi connectivity index (χ1) is 9.47. The number of aromatic hydroxyl groups is 1. The Labute approximate surface area is 114 Å². The van der Waals surface area contributed by atoms with Crippen molar-refractivity contribution in [3.8, 4) is 5.75 Å². The van der Waals surface area contributed by atoms with Gasteiger partial charge in [-0.05, 0) is 24.6 Å². The summed E-state index contributed by atoms with van der Waals surface area (Å²) in [6.07, 6.45) is 0. The molecule has 2 aromatic carbocycles. The van der Waals surface area contributed by atoms with Crippen molar-refractivity contribution in [2.24, 2.45) is 0 Å². The quantitative estimate of drug-likeness (QED) is 0.663. The fraction of sp³-hybridized carbons (Fsp3) is 0.0714. The number of carbonyl (C=O) groups is 1. The minimum atomic E-state index is -0.551. The number of aryl methyl sites for hydroxylation is 1. The second-order valence-corrected chi connectivity index (χ2v) is 4.26. The number of hydrogen-bond acceptors (Lipinski definition) is 4. The number of phenols is 1. The van der Waals surface area contributed by atoms with Gasteiger partial charge in [-0.2, -0.15) is 0 Å². The molecule has 0 unspecified atom stereocenters. The second-order valence-electron chi connectivity index (χ2n) is 4.26. The van der Waals surface area contributed by atoms with Crippen molar-refractivity contribution < 1.29 is 14.8 Å². The minimum absolute atomic E-state index is 0.0264. The van der Waals surface area contributed by atoms with Gasteiger partial charge in [0.15, 0.2) is 0 Å². The van der Waals surface area contributed by atoms with E-state index < -0.39 is 10.8 Å². The van der Waals surface area contributed by atoms with E-state index in [0.717, 1.165) is 0 Å². The summed E-state index contributed by atoms with van der Waals surface area (Å²) >= 11 is 0. The molecule has 0 atom stereocenters. The minimum Gasteiger partial charge on any atom is -0.508 e. The largest absolute Gasteiger partial charge is 0.508 e. The van der Waals surface area contributed by atoms with Crippen LogP contribution in [0.2, 0.25) is 0 Å². The summed E-state index contributed by atoms with van der Waals surface area (Å²) in [5.41, 5.74) is 1.13. The van der Waals surface area contributed by atoms with Gasteiger partial charge in [0.1, 0.15) is 5.75 Å². The maximum atomic E-state index is 12.1. The third kappa shape index (κ3) is 2.92. The van der Waals surface area contributed by atoms with E-state index in [1.165, 1.54) is 30.3 Å². The van der Waals surface area contributed by atoms with E-state index in [-0.39, 0.29) is 17.0 Å². The second kappa shape index (κ2) is 5.40. The van der Waals surface area contributed by atoms with E-state index in [1.807, 2.05) is 0 Å². The molecule has 6 nitrogen and oxygen atoms in total. The van der Waals surface area contributed by atoms with Gasteiger partial charge in [0.05, 0.1) is 4.92 Å². The number of nitro groups is 1. The van der Waals surface area contributed by atoms with Crippen molar-refractivity contribution in [3.63, 3.8) is 0 Å². The van der Waals surface area contributed by atoms with Gasteiger partial charge in [0.2, 0.25) is 0 Å². The lowest BCUT2D eigenvalue weighted by Crippen LogP contribution is -2.13. The molecule has 0 bridgehead atoms. The highest BCUT2D eigenvalue weighted by Gasteiger charge is 2.14. The Balaban J connectivity index is 2.29. The topological polar surface area (TPSA) is 92.5 Å². The Morgan fingerprint density at radius 3 is 2.65 bits per heavy atom. The Morgan fingerprint density at radius 2 is 2.00 bits per heavy atom. The van der Waals surface area contributed by atoms with Crippen molar-refractivity contribution in [2.75, 3.05) is 5.32 Å². The van der Waals surface area contributed by atoms with Crippen LogP contribution in [0.5, 0.6) is 5.75 Å². The number of nitrogens with zero attached hydrogens (tertiary/aromatic N) is 1. The number of rotatable bonds is 3. The summed E-state index contributed by atoms with van der Waals surface area (Å²) in [6.45, 7) is 1.70. The molecule has 0 saturated carbocycles.